The van der Waals surface area contributed by atoms with Crippen molar-refractivity contribution in [1.29, 1.82) is 0 Å². The molecule has 1 aromatic heterocycles. The molecule has 0 aliphatic carbocycles. The molecule has 2 amide bonds. The standard InChI is InChI=1S/C11H14N2O5/c1-7(14)12-5-2-6-13-10(15)8-3-4-9(18-8)11(16)17/h3-4H,2,5-6H2,1H3,(H,12,14)(H,13,15)(H,16,17). The van der Waals surface area contributed by atoms with Crippen LogP contribution in [0.3, 0.4) is 0 Å². The molecule has 7 heteroatoms. The van der Waals surface area contributed by atoms with Gasteiger partial charge in [0, 0.05) is 20.0 Å². The number of rotatable bonds is 6. The average molecular weight is 254 g/mol. The van der Waals surface area contributed by atoms with Crippen LogP contribution in [-0.2, 0) is 4.79 Å². The first-order valence-corrected chi connectivity index (χ1v) is 5.36. The number of hydrogen-bond donors (Lipinski definition) is 3. The Hall–Kier alpha value is -2.31. The number of aromatic carboxylic acids is 1. The van der Waals surface area contributed by atoms with Crippen molar-refractivity contribution in [2.24, 2.45) is 0 Å². The summed E-state index contributed by atoms with van der Waals surface area (Å²) in [5.74, 6) is -2.16. The van der Waals surface area contributed by atoms with Crippen LogP contribution in [0.2, 0.25) is 0 Å². The largest absolute Gasteiger partial charge is 0.475 e. The van der Waals surface area contributed by atoms with E-state index in [2.05, 4.69) is 10.6 Å². The maximum absolute atomic E-state index is 11.5. The van der Waals surface area contributed by atoms with Crippen LogP contribution < -0.4 is 10.6 Å². The summed E-state index contributed by atoms with van der Waals surface area (Å²) in [6.07, 6.45) is 0.581. The fourth-order valence-corrected chi connectivity index (χ4v) is 1.22. The quantitative estimate of drug-likeness (QED) is 0.630. The van der Waals surface area contributed by atoms with E-state index in [-0.39, 0.29) is 17.4 Å². The first-order chi connectivity index (χ1) is 8.50. The molecular weight excluding hydrogens is 240 g/mol. The second-order valence-corrected chi connectivity index (χ2v) is 3.56. The van der Waals surface area contributed by atoms with Gasteiger partial charge in [0.1, 0.15) is 0 Å². The third-order valence-electron chi connectivity index (χ3n) is 2.05. The van der Waals surface area contributed by atoms with Crippen LogP contribution in [0.4, 0.5) is 0 Å². The minimum absolute atomic E-state index is 0.0491. The first-order valence-electron chi connectivity index (χ1n) is 5.36. The van der Waals surface area contributed by atoms with Gasteiger partial charge in [-0.15, -0.1) is 0 Å². The molecular formula is C11H14N2O5. The van der Waals surface area contributed by atoms with Crippen LogP contribution in [0.25, 0.3) is 0 Å². The molecule has 0 spiro atoms. The normalized spacial score (nSPS) is 9.83. The Morgan fingerprint density at radius 1 is 1.17 bits per heavy atom. The van der Waals surface area contributed by atoms with Crippen molar-refractivity contribution in [2.45, 2.75) is 13.3 Å². The lowest BCUT2D eigenvalue weighted by molar-refractivity contribution is -0.118. The Morgan fingerprint density at radius 3 is 2.33 bits per heavy atom. The fourth-order valence-electron chi connectivity index (χ4n) is 1.22. The Bertz CT molecular complexity index is 452. The zero-order chi connectivity index (χ0) is 13.5. The van der Waals surface area contributed by atoms with Crippen LogP contribution in [0.1, 0.15) is 34.5 Å². The summed E-state index contributed by atoms with van der Waals surface area (Å²) in [5.41, 5.74) is 0. The molecule has 0 saturated carbocycles. The molecule has 3 N–H and O–H groups in total. The summed E-state index contributed by atoms with van der Waals surface area (Å²) in [6.45, 7) is 2.24. The van der Waals surface area contributed by atoms with Gasteiger partial charge < -0.3 is 20.2 Å². The van der Waals surface area contributed by atoms with Crippen molar-refractivity contribution in [2.75, 3.05) is 13.1 Å². The Labute approximate surface area is 103 Å². The van der Waals surface area contributed by atoms with Gasteiger partial charge in [-0.2, -0.15) is 0 Å². The zero-order valence-corrected chi connectivity index (χ0v) is 9.86. The summed E-state index contributed by atoms with van der Waals surface area (Å²) in [6, 6.07) is 2.52. The Morgan fingerprint density at radius 2 is 1.78 bits per heavy atom. The van der Waals surface area contributed by atoms with Crippen molar-refractivity contribution in [3.05, 3.63) is 23.7 Å². The summed E-state index contributed by atoms with van der Waals surface area (Å²) in [4.78, 5) is 32.6. The maximum Gasteiger partial charge on any atom is 0.371 e. The monoisotopic (exact) mass is 254 g/mol. The molecule has 0 aliphatic heterocycles. The van der Waals surface area contributed by atoms with E-state index in [1.165, 1.54) is 19.1 Å². The highest BCUT2D eigenvalue weighted by molar-refractivity contribution is 5.93. The predicted octanol–water partition coefficient (Wildman–Crippen LogP) is 0.234. The second kappa shape index (κ2) is 6.43. The molecule has 1 aromatic rings. The summed E-state index contributed by atoms with van der Waals surface area (Å²) >= 11 is 0. The van der Waals surface area contributed by atoms with Gasteiger partial charge in [0.25, 0.3) is 5.91 Å². The minimum Gasteiger partial charge on any atom is -0.475 e. The number of carbonyl (C=O) groups excluding carboxylic acids is 2. The van der Waals surface area contributed by atoms with Crippen LogP contribution in [-0.4, -0.2) is 36.0 Å². The average Bonchev–Trinajstić information content (AvgIpc) is 2.77. The molecule has 0 aliphatic rings. The van der Waals surface area contributed by atoms with Gasteiger partial charge in [0.2, 0.25) is 11.7 Å². The summed E-state index contributed by atoms with van der Waals surface area (Å²) in [5, 5.41) is 13.7. The van der Waals surface area contributed by atoms with Crippen LogP contribution in [0.15, 0.2) is 16.5 Å². The zero-order valence-electron chi connectivity index (χ0n) is 9.86. The van der Waals surface area contributed by atoms with Gasteiger partial charge in [0.05, 0.1) is 0 Å². The van der Waals surface area contributed by atoms with Crippen molar-refractivity contribution >= 4 is 17.8 Å². The van der Waals surface area contributed by atoms with E-state index in [9.17, 15) is 14.4 Å². The van der Waals surface area contributed by atoms with Crippen LogP contribution in [0.5, 0.6) is 0 Å². The maximum atomic E-state index is 11.5. The summed E-state index contributed by atoms with van der Waals surface area (Å²) in [7, 11) is 0. The number of carboxylic acids is 1. The molecule has 18 heavy (non-hydrogen) atoms. The lowest BCUT2D eigenvalue weighted by atomic mass is 10.3. The number of hydrogen-bond acceptors (Lipinski definition) is 4. The predicted molar refractivity (Wildman–Crippen MR) is 61.3 cm³/mol. The highest BCUT2D eigenvalue weighted by Gasteiger charge is 2.14. The van der Waals surface area contributed by atoms with E-state index in [0.29, 0.717) is 19.5 Å². The molecule has 7 nitrogen and oxygen atoms in total. The van der Waals surface area contributed by atoms with E-state index in [1.807, 2.05) is 0 Å². The lowest BCUT2D eigenvalue weighted by Gasteiger charge is -2.03. The Balaban J connectivity index is 2.32. The number of amides is 2. The molecule has 0 aromatic carbocycles. The fraction of sp³-hybridized carbons (Fsp3) is 0.364. The molecule has 0 atom stereocenters. The molecule has 98 valence electrons. The smallest absolute Gasteiger partial charge is 0.371 e. The van der Waals surface area contributed by atoms with Crippen LogP contribution >= 0.6 is 0 Å². The Kier molecular flexibility index (Phi) is 4.91. The van der Waals surface area contributed by atoms with Crippen molar-refractivity contribution < 1.29 is 23.9 Å². The van der Waals surface area contributed by atoms with E-state index in [4.69, 9.17) is 9.52 Å². The topological polar surface area (TPSA) is 109 Å². The van der Waals surface area contributed by atoms with Crippen molar-refractivity contribution in [3.8, 4) is 0 Å². The lowest BCUT2D eigenvalue weighted by Crippen LogP contribution is -2.28. The molecule has 1 rings (SSSR count). The third kappa shape index (κ3) is 4.28. The van der Waals surface area contributed by atoms with Crippen LogP contribution in [0, 0.1) is 0 Å². The number of carbonyl (C=O) groups is 3. The third-order valence-corrected chi connectivity index (χ3v) is 2.05. The van der Waals surface area contributed by atoms with Gasteiger partial charge in [-0.3, -0.25) is 9.59 Å². The van der Waals surface area contributed by atoms with Gasteiger partial charge in [-0.25, -0.2) is 4.79 Å². The van der Waals surface area contributed by atoms with E-state index in [1.54, 1.807) is 0 Å². The van der Waals surface area contributed by atoms with Crippen molar-refractivity contribution in [3.63, 3.8) is 0 Å². The van der Waals surface area contributed by atoms with Gasteiger partial charge in [-0.05, 0) is 18.6 Å². The minimum atomic E-state index is -1.22. The number of carboxylic acid groups (broad SMARTS) is 1. The van der Waals surface area contributed by atoms with E-state index >= 15 is 0 Å². The molecule has 0 unspecified atom stereocenters. The SMILES string of the molecule is CC(=O)NCCCNC(=O)c1ccc(C(=O)O)o1. The second-order valence-electron chi connectivity index (χ2n) is 3.56. The molecule has 1 heterocycles. The molecule has 0 fully saturated rings. The highest BCUT2D eigenvalue weighted by Crippen LogP contribution is 2.07. The number of nitrogens with one attached hydrogen (secondary N) is 2. The molecule has 0 radical (unpaired) electrons. The summed E-state index contributed by atoms with van der Waals surface area (Å²) < 4.78 is 4.82. The van der Waals surface area contributed by atoms with Gasteiger partial charge in [0.15, 0.2) is 5.76 Å². The first kappa shape index (κ1) is 13.8. The molecule has 0 bridgehead atoms. The van der Waals surface area contributed by atoms with E-state index in [0.717, 1.165) is 0 Å². The molecule has 0 saturated heterocycles. The van der Waals surface area contributed by atoms with Crippen molar-refractivity contribution in [1.82, 2.24) is 10.6 Å². The highest BCUT2D eigenvalue weighted by atomic mass is 16.4. The van der Waals surface area contributed by atoms with E-state index < -0.39 is 11.9 Å². The van der Waals surface area contributed by atoms with Gasteiger partial charge >= 0.3 is 5.97 Å². The van der Waals surface area contributed by atoms with Gasteiger partial charge in [-0.1, -0.05) is 0 Å². The number of furan rings is 1.